The van der Waals surface area contributed by atoms with Crippen molar-refractivity contribution in [3.8, 4) is 11.5 Å². The van der Waals surface area contributed by atoms with E-state index >= 15 is 0 Å². The van der Waals surface area contributed by atoms with E-state index in [2.05, 4.69) is 0 Å². The second kappa shape index (κ2) is 9.09. The predicted octanol–water partition coefficient (Wildman–Crippen LogP) is 5.91. The quantitative estimate of drug-likeness (QED) is 0.402. The Kier molecular flexibility index (Phi) is 6.72. The molecule has 1 aliphatic heterocycles. The first-order chi connectivity index (χ1) is 14.2. The van der Waals surface area contributed by atoms with Crippen LogP contribution in [0.15, 0.2) is 47.4 Å². The van der Waals surface area contributed by atoms with Crippen molar-refractivity contribution >= 4 is 46.0 Å². The molecule has 0 bridgehead atoms. The zero-order valence-corrected chi connectivity index (χ0v) is 17.8. The highest BCUT2D eigenvalue weighted by molar-refractivity contribution is 8.27. The van der Waals surface area contributed by atoms with Gasteiger partial charge >= 0.3 is 6.18 Å². The molecule has 9 heteroatoms. The van der Waals surface area contributed by atoms with Gasteiger partial charge in [0.1, 0.15) is 0 Å². The molecule has 30 heavy (non-hydrogen) atoms. The summed E-state index contributed by atoms with van der Waals surface area (Å²) in [5, 5.41) is 0. The van der Waals surface area contributed by atoms with E-state index < -0.39 is 17.6 Å². The zero-order valence-electron chi connectivity index (χ0n) is 16.2. The molecular formula is C21H18F3NO3S2. The smallest absolute Gasteiger partial charge is 0.416 e. The minimum atomic E-state index is -4.51. The molecule has 2 aromatic carbocycles. The van der Waals surface area contributed by atoms with Crippen LogP contribution in [-0.4, -0.2) is 23.4 Å². The zero-order chi connectivity index (χ0) is 21.9. The highest BCUT2D eigenvalue weighted by Gasteiger charge is 2.36. The van der Waals surface area contributed by atoms with Crippen LogP contribution in [-0.2, 0) is 11.0 Å². The van der Waals surface area contributed by atoms with Gasteiger partial charge in [0, 0.05) is 0 Å². The summed E-state index contributed by atoms with van der Waals surface area (Å²) in [4.78, 5) is 14.3. The van der Waals surface area contributed by atoms with Gasteiger partial charge in [-0.05, 0) is 55.8 Å². The Morgan fingerprint density at radius 2 is 1.77 bits per heavy atom. The van der Waals surface area contributed by atoms with Crippen molar-refractivity contribution in [3.05, 3.63) is 58.5 Å². The van der Waals surface area contributed by atoms with Crippen LogP contribution in [0.2, 0.25) is 0 Å². The highest BCUT2D eigenvalue weighted by atomic mass is 32.2. The van der Waals surface area contributed by atoms with Crippen LogP contribution < -0.4 is 14.4 Å². The van der Waals surface area contributed by atoms with Gasteiger partial charge < -0.3 is 9.47 Å². The van der Waals surface area contributed by atoms with Gasteiger partial charge in [0.15, 0.2) is 15.8 Å². The molecule has 4 nitrogen and oxygen atoms in total. The molecule has 0 aliphatic carbocycles. The lowest BCUT2D eigenvalue weighted by Gasteiger charge is -2.16. The molecule has 0 unspecified atom stereocenters. The third kappa shape index (κ3) is 4.79. The van der Waals surface area contributed by atoms with E-state index in [0.717, 1.165) is 28.8 Å². The number of benzene rings is 2. The number of alkyl halides is 3. The number of rotatable bonds is 6. The van der Waals surface area contributed by atoms with Crippen molar-refractivity contribution < 1.29 is 27.4 Å². The van der Waals surface area contributed by atoms with Crippen molar-refractivity contribution in [1.29, 1.82) is 0 Å². The molecule has 0 spiro atoms. The summed E-state index contributed by atoms with van der Waals surface area (Å²) >= 11 is 6.29. The number of amides is 1. The van der Waals surface area contributed by atoms with E-state index in [-0.39, 0.29) is 10.0 Å². The van der Waals surface area contributed by atoms with E-state index in [0.29, 0.717) is 35.2 Å². The maximum atomic E-state index is 13.0. The van der Waals surface area contributed by atoms with E-state index in [1.165, 1.54) is 12.1 Å². The van der Waals surface area contributed by atoms with Crippen molar-refractivity contribution in [2.75, 3.05) is 18.1 Å². The standard InChI is InChI=1S/C21H18F3NO3S2/c1-3-27-16-9-8-13(10-17(16)28-4-2)11-18-19(26)25(20(29)30-18)15-7-5-6-14(12-15)21(22,23)24/h5-12H,3-4H2,1-2H3/b18-11-. The van der Waals surface area contributed by atoms with Crippen LogP contribution in [0.5, 0.6) is 11.5 Å². The number of ether oxygens (including phenoxy) is 2. The first kappa shape index (κ1) is 22.2. The monoisotopic (exact) mass is 453 g/mol. The number of halogens is 3. The molecule has 3 rings (SSSR count). The molecule has 0 saturated carbocycles. The molecule has 0 radical (unpaired) electrons. The van der Waals surface area contributed by atoms with Crippen LogP contribution in [0.4, 0.5) is 18.9 Å². The lowest BCUT2D eigenvalue weighted by atomic mass is 10.1. The van der Waals surface area contributed by atoms with Gasteiger partial charge in [0.2, 0.25) is 0 Å². The summed E-state index contributed by atoms with van der Waals surface area (Å²) in [6.45, 7) is 4.64. The molecular weight excluding hydrogens is 435 g/mol. The number of thioether (sulfide) groups is 1. The molecule has 0 aromatic heterocycles. The Bertz CT molecular complexity index is 1010. The Labute approximate surface area is 181 Å². The first-order valence-corrected chi connectivity index (χ1v) is 10.3. The summed E-state index contributed by atoms with van der Waals surface area (Å²) in [7, 11) is 0. The fourth-order valence-corrected chi connectivity index (χ4v) is 4.12. The predicted molar refractivity (Wildman–Crippen MR) is 116 cm³/mol. The molecule has 0 N–H and O–H groups in total. The normalized spacial score (nSPS) is 15.8. The number of thiocarbonyl (C=S) groups is 1. The molecule has 0 atom stereocenters. The van der Waals surface area contributed by atoms with E-state index in [9.17, 15) is 18.0 Å². The van der Waals surface area contributed by atoms with Crippen molar-refractivity contribution in [2.24, 2.45) is 0 Å². The summed E-state index contributed by atoms with van der Waals surface area (Å²) in [6, 6.07) is 9.79. The number of nitrogens with zero attached hydrogens (tertiary/aromatic N) is 1. The molecule has 158 valence electrons. The largest absolute Gasteiger partial charge is 0.490 e. The molecule has 1 saturated heterocycles. The second-order valence-corrected chi connectivity index (χ2v) is 7.81. The number of carbonyl (C=O) groups excluding carboxylic acids is 1. The third-order valence-electron chi connectivity index (χ3n) is 4.09. The maximum absolute atomic E-state index is 13.0. The second-order valence-electron chi connectivity index (χ2n) is 6.14. The van der Waals surface area contributed by atoms with Gasteiger partial charge in [-0.2, -0.15) is 13.2 Å². The average Bonchev–Trinajstić information content (AvgIpc) is 2.97. The van der Waals surface area contributed by atoms with Crippen LogP contribution in [0, 0.1) is 0 Å². The van der Waals surface area contributed by atoms with Gasteiger partial charge in [-0.1, -0.05) is 36.1 Å². The number of carbonyl (C=O) groups is 1. The Morgan fingerprint density at radius 1 is 1.07 bits per heavy atom. The van der Waals surface area contributed by atoms with Crippen LogP contribution in [0.25, 0.3) is 6.08 Å². The van der Waals surface area contributed by atoms with E-state index in [1.54, 1.807) is 24.3 Å². The Hall–Kier alpha value is -2.52. The average molecular weight is 454 g/mol. The van der Waals surface area contributed by atoms with Crippen LogP contribution >= 0.6 is 24.0 Å². The van der Waals surface area contributed by atoms with E-state index in [4.69, 9.17) is 21.7 Å². The highest BCUT2D eigenvalue weighted by Crippen LogP contribution is 2.39. The molecule has 1 heterocycles. The molecule has 2 aromatic rings. The lowest BCUT2D eigenvalue weighted by Crippen LogP contribution is -2.27. The summed E-state index contributed by atoms with van der Waals surface area (Å²) in [5.74, 6) is 0.658. The van der Waals surface area contributed by atoms with Gasteiger partial charge in [-0.15, -0.1) is 0 Å². The summed E-state index contributed by atoms with van der Waals surface area (Å²) in [5.41, 5.74) is -0.0743. The topological polar surface area (TPSA) is 38.8 Å². The van der Waals surface area contributed by atoms with Crippen LogP contribution in [0.3, 0.4) is 0 Å². The number of hydrogen-bond donors (Lipinski definition) is 0. The maximum Gasteiger partial charge on any atom is 0.416 e. The first-order valence-electron chi connectivity index (χ1n) is 9.09. The molecule has 1 aliphatic rings. The third-order valence-corrected chi connectivity index (χ3v) is 5.39. The van der Waals surface area contributed by atoms with Gasteiger partial charge in [-0.25, -0.2) is 0 Å². The Balaban J connectivity index is 1.91. The SMILES string of the molecule is CCOc1ccc(/C=C2\SC(=S)N(c3cccc(C(F)(F)F)c3)C2=O)cc1OCC. The Morgan fingerprint density at radius 3 is 2.43 bits per heavy atom. The minimum Gasteiger partial charge on any atom is -0.490 e. The van der Waals surface area contributed by atoms with Gasteiger partial charge in [0.25, 0.3) is 5.91 Å². The fourth-order valence-electron chi connectivity index (χ4n) is 2.82. The summed E-state index contributed by atoms with van der Waals surface area (Å²) < 4.78 is 50.4. The summed E-state index contributed by atoms with van der Waals surface area (Å²) in [6.07, 6.45) is -2.88. The minimum absolute atomic E-state index is 0.0809. The van der Waals surface area contributed by atoms with E-state index in [1.807, 2.05) is 13.8 Å². The van der Waals surface area contributed by atoms with Crippen molar-refractivity contribution in [3.63, 3.8) is 0 Å². The van der Waals surface area contributed by atoms with Crippen molar-refractivity contribution in [2.45, 2.75) is 20.0 Å². The van der Waals surface area contributed by atoms with Gasteiger partial charge in [0.05, 0.1) is 29.4 Å². The van der Waals surface area contributed by atoms with Crippen LogP contribution in [0.1, 0.15) is 25.0 Å². The van der Waals surface area contributed by atoms with Gasteiger partial charge in [-0.3, -0.25) is 9.69 Å². The number of hydrogen-bond acceptors (Lipinski definition) is 5. The van der Waals surface area contributed by atoms with Crippen molar-refractivity contribution in [1.82, 2.24) is 0 Å². The lowest BCUT2D eigenvalue weighted by molar-refractivity contribution is -0.137. The number of anilines is 1. The molecule has 1 fully saturated rings. The fraction of sp³-hybridized carbons (Fsp3) is 0.238. The molecule has 1 amide bonds.